The highest BCUT2D eigenvalue weighted by Crippen LogP contribution is 1.98. The van der Waals surface area contributed by atoms with Gasteiger partial charge in [-0.3, -0.25) is 9.48 Å². The van der Waals surface area contributed by atoms with E-state index < -0.39 is 7.12 Å². The number of rotatable bonds is 5. The second-order valence-electron chi connectivity index (χ2n) is 3.49. The number of methoxy groups -OCH3 is 1. The Morgan fingerprint density at radius 3 is 2.81 bits per heavy atom. The molecule has 0 amide bonds. The van der Waals surface area contributed by atoms with Crippen LogP contribution in [0.15, 0.2) is 6.20 Å². The lowest BCUT2D eigenvalue weighted by Gasteiger charge is -2.00. The quantitative estimate of drug-likeness (QED) is 0.487. The lowest BCUT2D eigenvalue weighted by Crippen LogP contribution is -2.30. The Morgan fingerprint density at radius 1 is 1.62 bits per heavy atom. The molecule has 1 aromatic rings. The van der Waals surface area contributed by atoms with E-state index in [4.69, 9.17) is 10.0 Å². The summed E-state index contributed by atoms with van der Waals surface area (Å²) in [6.07, 6.45) is 2.50. The van der Waals surface area contributed by atoms with Crippen molar-refractivity contribution >= 4 is 18.6 Å². The highest BCUT2D eigenvalue weighted by molar-refractivity contribution is 6.59. The molecule has 0 atom stereocenters. The van der Waals surface area contributed by atoms with Crippen LogP contribution < -0.4 is 5.46 Å². The first kappa shape index (κ1) is 12.7. The molecule has 0 unspecified atom stereocenters. The van der Waals surface area contributed by atoms with E-state index in [1.54, 1.807) is 17.8 Å². The summed E-state index contributed by atoms with van der Waals surface area (Å²) in [7, 11) is -0.157. The van der Waals surface area contributed by atoms with Gasteiger partial charge in [0.1, 0.15) is 0 Å². The summed E-state index contributed by atoms with van der Waals surface area (Å²) in [5.74, 6) is -0.258. The minimum atomic E-state index is -1.51. The van der Waals surface area contributed by atoms with Crippen molar-refractivity contribution in [2.24, 2.45) is 0 Å². The molecule has 1 heterocycles. The second-order valence-corrected chi connectivity index (χ2v) is 3.49. The van der Waals surface area contributed by atoms with E-state index in [0.29, 0.717) is 30.5 Å². The fourth-order valence-corrected chi connectivity index (χ4v) is 1.39. The second kappa shape index (κ2) is 5.67. The van der Waals surface area contributed by atoms with Crippen molar-refractivity contribution in [2.45, 2.75) is 26.3 Å². The van der Waals surface area contributed by atoms with Gasteiger partial charge in [-0.2, -0.15) is 5.10 Å². The van der Waals surface area contributed by atoms with E-state index in [2.05, 4.69) is 9.84 Å². The lowest BCUT2D eigenvalue weighted by atomic mass is 9.81. The average molecular weight is 226 g/mol. The summed E-state index contributed by atoms with van der Waals surface area (Å²) in [5, 5.41) is 22.1. The zero-order chi connectivity index (χ0) is 12.1. The van der Waals surface area contributed by atoms with Gasteiger partial charge in [0.15, 0.2) is 0 Å². The first-order valence-electron chi connectivity index (χ1n) is 5.01. The number of aryl methyl sites for hydroxylation is 2. The molecule has 16 heavy (non-hydrogen) atoms. The third kappa shape index (κ3) is 3.35. The zero-order valence-electron chi connectivity index (χ0n) is 9.38. The van der Waals surface area contributed by atoms with E-state index in [-0.39, 0.29) is 5.97 Å². The molecule has 1 rings (SSSR count). The Balaban J connectivity index is 2.49. The van der Waals surface area contributed by atoms with E-state index >= 15 is 0 Å². The highest BCUT2D eigenvalue weighted by atomic mass is 16.5. The SMILES string of the molecule is COC(=O)CCCn1cc(B(O)O)c(C)n1. The maximum atomic E-state index is 10.9. The molecule has 6 nitrogen and oxygen atoms in total. The van der Waals surface area contributed by atoms with Crippen molar-refractivity contribution in [1.82, 2.24) is 9.78 Å². The summed E-state index contributed by atoms with van der Waals surface area (Å²) >= 11 is 0. The maximum absolute atomic E-state index is 10.9. The van der Waals surface area contributed by atoms with Crippen molar-refractivity contribution in [1.29, 1.82) is 0 Å². The van der Waals surface area contributed by atoms with Crippen molar-refractivity contribution < 1.29 is 19.6 Å². The fourth-order valence-electron chi connectivity index (χ4n) is 1.39. The topological polar surface area (TPSA) is 84.6 Å². The van der Waals surface area contributed by atoms with Gasteiger partial charge in [0.25, 0.3) is 0 Å². The van der Waals surface area contributed by atoms with Gasteiger partial charge < -0.3 is 14.8 Å². The third-order valence-corrected chi connectivity index (χ3v) is 2.26. The largest absolute Gasteiger partial charge is 0.491 e. The first-order chi connectivity index (χ1) is 7.54. The molecule has 0 aliphatic rings. The van der Waals surface area contributed by atoms with Crippen LogP contribution in [-0.2, 0) is 16.1 Å². The number of nitrogens with zero attached hydrogens (tertiary/aromatic N) is 2. The van der Waals surface area contributed by atoms with Gasteiger partial charge >= 0.3 is 13.1 Å². The summed E-state index contributed by atoms with van der Waals surface area (Å²) < 4.78 is 6.10. The molecule has 2 N–H and O–H groups in total. The number of aromatic nitrogens is 2. The number of ether oxygens (including phenoxy) is 1. The van der Waals surface area contributed by atoms with Crippen LogP contribution in [0.1, 0.15) is 18.5 Å². The molecule has 0 fully saturated rings. The normalized spacial score (nSPS) is 10.2. The Bertz CT molecular complexity index is 364. The van der Waals surface area contributed by atoms with Crippen LogP contribution in [0.5, 0.6) is 0 Å². The number of carbonyl (C=O) groups is 1. The Kier molecular flexibility index (Phi) is 4.51. The molecular formula is C9H15BN2O4. The predicted molar refractivity (Wildman–Crippen MR) is 58.0 cm³/mol. The summed E-state index contributed by atoms with van der Waals surface area (Å²) in [6.45, 7) is 2.24. The summed E-state index contributed by atoms with van der Waals surface area (Å²) in [4.78, 5) is 10.9. The van der Waals surface area contributed by atoms with Crippen LogP contribution in [-0.4, -0.2) is 40.0 Å². The molecule has 7 heteroatoms. The van der Waals surface area contributed by atoms with Crippen LogP contribution in [0.25, 0.3) is 0 Å². The molecule has 1 aromatic heterocycles. The molecule has 0 radical (unpaired) electrons. The van der Waals surface area contributed by atoms with Gasteiger partial charge in [0.05, 0.1) is 12.8 Å². The molecule has 0 saturated heterocycles. The molecule has 0 spiro atoms. The Hall–Kier alpha value is -1.34. The molecule has 0 aliphatic heterocycles. The van der Waals surface area contributed by atoms with Crippen LogP contribution in [0.3, 0.4) is 0 Å². The van der Waals surface area contributed by atoms with Gasteiger partial charge in [0, 0.05) is 24.6 Å². The van der Waals surface area contributed by atoms with Crippen LogP contribution in [0, 0.1) is 6.92 Å². The third-order valence-electron chi connectivity index (χ3n) is 2.26. The Morgan fingerprint density at radius 2 is 2.31 bits per heavy atom. The number of carbonyl (C=O) groups excluding carboxylic acids is 1. The predicted octanol–water partition coefficient (Wildman–Crippen LogP) is -1.18. The molecular weight excluding hydrogens is 211 g/mol. The van der Waals surface area contributed by atoms with Crippen molar-refractivity contribution in [3.8, 4) is 0 Å². The summed E-state index contributed by atoms with van der Waals surface area (Å²) in [6, 6.07) is 0. The zero-order valence-corrected chi connectivity index (χ0v) is 9.38. The minimum absolute atomic E-state index is 0.258. The van der Waals surface area contributed by atoms with Crippen molar-refractivity contribution in [3.63, 3.8) is 0 Å². The molecule has 88 valence electrons. The van der Waals surface area contributed by atoms with E-state index in [1.165, 1.54) is 7.11 Å². The van der Waals surface area contributed by atoms with E-state index in [0.717, 1.165) is 0 Å². The van der Waals surface area contributed by atoms with E-state index in [9.17, 15) is 4.79 Å². The first-order valence-corrected chi connectivity index (χ1v) is 5.01. The molecule has 0 saturated carbocycles. The Labute approximate surface area is 94.0 Å². The van der Waals surface area contributed by atoms with Crippen LogP contribution in [0.4, 0.5) is 0 Å². The van der Waals surface area contributed by atoms with Gasteiger partial charge in [-0.1, -0.05) is 0 Å². The highest BCUT2D eigenvalue weighted by Gasteiger charge is 2.17. The van der Waals surface area contributed by atoms with Gasteiger partial charge in [-0.15, -0.1) is 0 Å². The fraction of sp³-hybridized carbons (Fsp3) is 0.556. The van der Waals surface area contributed by atoms with E-state index in [1.807, 2.05) is 0 Å². The van der Waals surface area contributed by atoms with Gasteiger partial charge in [-0.05, 0) is 13.3 Å². The smallest absolute Gasteiger partial charge is 0.469 e. The number of hydrogen-bond acceptors (Lipinski definition) is 5. The van der Waals surface area contributed by atoms with Crippen LogP contribution in [0.2, 0.25) is 0 Å². The summed E-state index contributed by atoms with van der Waals surface area (Å²) in [5.41, 5.74) is 0.964. The average Bonchev–Trinajstić information content (AvgIpc) is 2.59. The van der Waals surface area contributed by atoms with Crippen molar-refractivity contribution in [3.05, 3.63) is 11.9 Å². The lowest BCUT2D eigenvalue weighted by molar-refractivity contribution is -0.140. The van der Waals surface area contributed by atoms with Gasteiger partial charge in [0.2, 0.25) is 0 Å². The molecule has 0 aromatic carbocycles. The number of esters is 1. The maximum Gasteiger partial charge on any atom is 0.491 e. The van der Waals surface area contributed by atoms with Crippen molar-refractivity contribution in [2.75, 3.05) is 7.11 Å². The molecule has 0 aliphatic carbocycles. The number of hydrogen-bond donors (Lipinski definition) is 2. The molecule has 0 bridgehead atoms. The minimum Gasteiger partial charge on any atom is -0.469 e. The van der Waals surface area contributed by atoms with Gasteiger partial charge in [-0.25, -0.2) is 0 Å². The van der Waals surface area contributed by atoms with Crippen LogP contribution >= 0.6 is 0 Å². The standard InChI is InChI=1S/C9H15BN2O4/c1-7-8(10(14)15)6-12(11-7)5-3-4-9(13)16-2/h6,14-15H,3-5H2,1-2H3. The monoisotopic (exact) mass is 226 g/mol.